The number of ether oxygens (including phenoxy) is 1. The molecule has 3 rings (SSSR count). The minimum Gasteiger partial charge on any atom is -0.489 e. The summed E-state index contributed by atoms with van der Waals surface area (Å²) >= 11 is 0. The number of anilines is 1. The first-order valence-corrected chi connectivity index (χ1v) is 5.98. The summed E-state index contributed by atoms with van der Waals surface area (Å²) in [6.45, 7) is 2.61. The molecule has 1 heterocycles. The third-order valence-electron chi connectivity index (χ3n) is 3.12. The SMILES string of the molecule is Cc1cccc(C2COc3ccc(F)cc3N2)c1. The van der Waals surface area contributed by atoms with Crippen molar-refractivity contribution in [1.82, 2.24) is 0 Å². The third kappa shape index (κ3) is 2.04. The molecule has 1 aliphatic rings. The van der Waals surface area contributed by atoms with Gasteiger partial charge in [-0.25, -0.2) is 4.39 Å². The maximum atomic E-state index is 13.2. The monoisotopic (exact) mass is 243 g/mol. The molecule has 0 aromatic heterocycles. The van der Waals surface area contributed by atoms with Crippen LogP contribution in [0, 0.1) is 12.7 Å². The lowest BCUT2D eigenvalue weighted by atomic mass is 10.0. The van der Waals surface area contributed by atoms with Gasteiger partial charge >= 0.3 is 0 Å². The van der Waals surface area contributed by atoms with E-state index in [1.165, 1.54) is 17.7 Å². The third-order valence-corrected chi connectivity index (χ3v) is 3.12. The fourth-order valence-corrected chi connectivity index (χ4v) is 2.21. The van der Waals surface area contributed by atoms with Crippen LogP contribution in [0.1, 0.15) is 17.2 Å². The van der Waals surface area contributed by atoms with Gasteiger partial charge in [-0.1, -0.05) is 29.8 Å². The van der Waals surface area contributed by atoms with Gasteiger partial charge in [-0.05, 0) is 24.6 Å². The van der Waals surface area contributed by atoms with Gasteiger partial charge in [0.2, 0.25) is 0 Å². The predicted molar refractivity (Wildman–Crippen MR) is 69.4 cm³/mol. The van der Waals surface area contributed by atoms with Crippen molar-refractivity contribution in [3.8, 4) is 5.75 Å². The van der Waals surface area contributed by atoms with E-state index in [9.17, 15) is 4.39 Å². The first-order valence-electron chi connectivity index (χ1n) is 5.98. The normalized spacial score (nSPS) is 17.6. The maximum absolute atomic E-state index is 13.2. The molecule has 0 aliphatic carbocycles. The summed E-state index contributed by atoms with van der Waals surface area (Å²) in [6.07, 6.45) is 0. The molecule has 2 aromatic carbocycles. The van der Waals surface area contributed by atoms with Gasteiger partial charge in [0.05, 0.1) is 11.7 Å². The van der Waals surface area contributed by atoms with Crippen molar-refractivity contribution in [2.75, 3.05) is 11.9 Å². The van der Waals surface area contributed by atoms with E-state index in [4.69, 9.17) is 4.74 Å². The molecule has 0 radical (unpaired) electrons. The zero-order valence-corrected chi connectivity index (χ0v) is 10.1. The minimum atomic E-state index is -0.255. The number of aryl methyl sites for hydroxylation is 1. The molecule has 0 saturated heterocycles. The van der Waals surface area contributed by atoms with Gasteiger partial charge in [-0.2, -0.15) is 0 Å². The molecular formula is C15H14FNO. The van der Waals surface area contributed by atoms with Gasteiger partial charge in [-0.15, -0.1) is 0 Å². The number of rotatable bonds is 1. The molecule has 2 aromatic rings. The van der Waals surface area contributed by atoms with E-state index >= 15 is 0 Å². The Hall–Kier alpha value is -2.03. The van der Waals surface area contributed by atoms with Crippen LogP contribution >= 0.6 is 0 Å². The molecule has 1 N–H and O–H groups in total. The van der Waals surface area contributed by atoms with Crippen LogP contribution in [0.5, 0.6) is 5.75 Å². The van der Waals surface area contributed by atoms with Crippen molar-refractivity contribution < 1.29 is 9.13 Å². The van der Waals surface area contributed by atoms with Crippen LogP contribution in [0.3, 0.4) is 0 Å². The number of halogens is 1. The summed E-state index contributed by atoms with van der Waals surface area (Å²) in [7, 11) is 0. The summed E-state index contributed by atoms with van der Waals surface area (Å²) in [6, 6.07) is 12.9. The largest absolute Gasteiger partial charge is 0.489 e. The fraction of sp³-hybridized carbons (Fsp3) is 0.200. The number of nitrogens with one attached hydrogen (secondary N) is 1. The van der Waals surface area contributed by atoms with Gasteiger partial charge < -0.3 is 10.1 Å². The van der Waals surface area contributed by atoms with E-state index in [0.29, 0.717) is 18.0 Å². The molecule has 18 heavy (non-hydrogen) atoms. The van der Waals surface area contributed by atoms with Crippen molar-refractivity contribution in [2.24, 2.45) is 0 Å². The maximum Gasteiger partial charge on any atom is 0.142 e. The van der Waals surface area contributed by atoms with Gasteiger partial charge in [-0.3, -0.25) is 0 Å². The van der Waals surface area contributed by atoms with E-state index in [-0.39, 0.29) is 11.9 Å². The lowest BCUT2D eigenvalue weighted by Crippen LogP contribution is -2.24. The summed E-state index contributed by atoms with van der Waals surface area (Å²) in [5, 5.41) is 3.32. The van der Waals surface area contributed by atoms with E-state index in [0.717, 1.165) is 5.56 Å². The van der Waals surface area contributed by atoms with Crippen LogP contribution in [0.15, 0.2) is 42.5 Å². The second kappa shape index (κ2) is 4.33. The highest BCUT2D eigenvalue weighted by atomic mass is 19.1. The molecule has 0 bridgehead atoms. The Bertz CT molecular complexity index is 582. The summed E-state index contributed by atoms with van der Waals surface area (Å²) < 4.78 is 18.8. The molecule has 0 fully saturated rings. The highest BCUT2D eigenvalue weighted by Gasteiger charge is 2.20. The Morgan fingerprint density at radius 3 is 2.94 bits per heavy atom. The van der Waals surface area contributed by atoms with Gasteiger partial charge in [0, 0.05) is 6.07 Å². The molecule has 0 spiro atoms. The fourth-order valence-electron chi connectivity index (χ4n) is 2.21. The van der Waals surface area contributed by atoms with E-state index in [1.54, 1.807) is 6.07 Å². The molecule has 1 aliphatic heterocycles. The number of fused-ring (bicyclic) bond motifs is 1. The van der Waals surface area contributed by atoms with Gasteiger partial charge in [0.1, 0.15) is 18.2 Å². The lowest BCUT2D eigenvalue weighted by Gasteiger charge is -2.28. The summed E-state index contributed by atoms with van der Waals surface area (Å²) in [4.78, 5) is 0. The van der Waals surface area contributed by atoms with E-state index < -0.39 is 0 Å². The van der Waals surface area contributed by atoms with Crippen molar-refractivity contribution in [3.05, 3.63) is 59.4 Å². The van der Waals surface area contributed by atoms with Gasteiger partial charge in [0.15, 0.2) is 0 Å². The van der Waals surface area contributed by atoms with E-state index in [2.05, 4.69) is 30.4 Å². The van der Waals surface area contributed by atoms with Crippen LogP contribution in [-0.2, 0) is 0 Å². The number of hydrogen-bond donors (Lipinski definition) is 1. The minimum absolute atomic E-state index is 0.0687. The number of benzene rings is 2. The Kier molecular flexibility index (Phi) is 2.67. The van der Waals surface area contributed by atoms with Gasteiger partial charge in [0.25, 0.3) is 0 Å². The number of hydrogen-bond acceptors (Lipinski definition) is 2. The first-order chi connectivity index (χ1) is 8.72. The predicted octanol–water partition coefficient (Wildman–Crippen LogP) is 3.68. The zero-order valence-electron chi connectivity index (χ0n) is 10.1. The standard InChI is InChI=1S/C15H14FNO/c1-10-3-2-4-11(7-10)14-9-18-15-6-5-12(16)8-13(15)17-14/h2-8,14,17H,9H2,1H3. The second-order valence-electron chi connectivity index (χ2n) is 4.56. The molecule has 2 nitrogen and oxygen atoms in total. The highest BCUT2D eigenvalue weighted by Crippen LogP contribution is 2.34. The Morgan fingerprint density at radius 1 is 1.22 bits per heavy atom. The van der Waals surface area contributed by atoms with E-state index in [1.807, 2.05) is 6.07 Å². The molecule has 3 heteroatoms. The summed E-state index contributed by atoms with van der Waals surface area (Å²) in [5.74, 6) is 0.454. The molecule has 1 unspecified atom stereocenters. The van der Waals surface area contributed by atoms with Crippen LogP contribution in [0.4, 0.5) is 10.1 Å². The second-order valence-corrected chi connectivity index (χ2v) is 4.56. The Balaban J connectivity index is 1.90. The highest BCUT2D eigenvalue weighted by molar-refractivity contribution is 5.59. The van der Waals surface area contributed by atoms with Crippen molar-refractivity contribution in [2.45, 2.75) is 13.0 Å². The van der Waals surface area contributed by atoms with Crippen molar-refractivity contribution in [1.29, 1.82) is 0 Å². The molecule has 92 valence electrons. The molecule has 0 saturated carbocycles. The lowest BCUT2D eigenvalue weighted by molar-refractivity contribution is 0.286. The Labute approximate surface area is 105 Å². The summed E-state index contributed by atoms with van der Waals surface area (Å²) in [5.41, 5.74) is 3.08. The molecule has 0 amide bonds. The smallest absolute Gasteiger partial charge is 0.142 e. The van der Waals surface area contributed by atoms with Crippen LogP contribution in [-0.4, -0.2) is 6.61 Å². The zero-order chi connectivity index (χ0) is 12.5. The average molecular weight is 243 g/mol. The molecule has 1 atom stereocenters. The van der Waals surface area contributed by atoms with Crippen molar-refractivity contribution in [3.63, 3.8) is 0 Å². The quantitative estimate of drug-likeness (QED) is 0.825. The van der Waals surface area contributed by atoms with Crippen LogP contribution in [0.25, 0.3) is 0 Å². The Morgan fingerprint density at radius 2 is 2.11 bits per heavy atom. The molecular weight excluding hydrogens is 229 g/mol. The van der Waals surface area contributed by atoms with Crippen LogP contribution in [0.2, 0.25) is 0 Å². The average Bonchev–Trinajstić information content (AvgIpc) is 2.38. The van der Waals surface area contributed by atoms with Crippen LogP contribution < -0.4 is 10.1 Å². The topological polar surface area (TPSA) is 21.3 Å². The van der Waals surface area contributed by atoms with Crippen molar-refractivity contribution >= 4 is 5.69 Å². The first kappa shape index (κ1) is 11.1.